The Morgan fingerprint density at radius 3 is 2.68 bits per heavy atom. The van der Waals surface area contributed by atoms with Gasteiger partial charge in [-0.25, -0.2) is 13.1 Å². The van der Waals surface area contributed by atoms with Crippen LogP contribution in [0.25, 0.3) is 0 Å². The summed E-state index contributed by atoms with van der Waals surface area (Å²) in [5.41, 5.74) is 1.75. The fraction of sp³-hybridized carbons (Fsp3) is 0.538. The van der Waals surface area contributed by atoms with Gasteiger partial charge in [0.25, 0.3) is 0 Å². The Balaban J connectivity index is 0.00000180. The minimum absolute atomic E-state index is 0. The third kappa shape index (κ3) is 4.18. The number of benzene rings is 1. The first-order valence-corrected chi connectivity index (χ1v) is 7.78. The van der Waals surface area contributed by atoms with Gasteiger partial charge in [0.15, 0.2) is 0 Å². The van der Waals surface area contributed by atoms with Crippen LogP contribution in [0.3, 0.4) is 0 Å². The zero-order valence-electron chi connectivity index (χ0n) is 11.3. The maximum atomic E-state index is 12.3. The summed E-state index contributed by atoms with van der Waals surface area (Å²) in [5, 5.41) is 3.21. The first-order valence-electron chi connectivity index (χ1n) is 6.29. The van der Waals surface area contributed by atoms with Crippen LogP contribution in [0.15, 0.2) is 23.1 Å². The molecular formula is C13H21ClN2O2S. The lowest BCUT2D eigenvalue weighted by Crippen LogP contribution is -2.45. The Labute approximate surface area is 121 Å². The van der Waals surface area contributed by atoms with Crippen molar-refractivity contribution in [1.29, 1.82) is 0 Å². The molecule has 1 aliphatic rings. The van der Waals surface area contributed by atoms with E-state index in [0.29, 0.717) is 11.4 Å². The summed E-state index contributed by atoms with van der Waals surface area (Å²) in [4.78, 5) is 0.396. The van der Waals surface area contributed by atoms with Gasteiger partial charge in [0.1, 0.15) is 0 Å². The molecule has 108 valence electrons. The Bertz CT molecular complexity index is 525. The van der Waals surface area contributed by atoms with Gasteiger partial charge in [-0.05, 0) is 50.4 Å². The van der Waals surface area contributed by atoms with Gasteiger partial charge in [-0.1, -0.05) is 12.1 Å². The molecule has 1 heterocycles. The lowest BCUT2D eigenvalue weighted by Gasteiger charge is -2.24. The molecular weight excluding hydrogens is 284 g/mol. The minimum Gasteiger partial charge on any atom is -0.315 e. The number of aryl methyl sites for hydroxylation is 2. The molecule has 2 rings (SSSR count). The number of hydrogen-bond donors (Lipinski definition) is 2. The van der Waals surface area contributed by atoms with E-state index < -0.39 is 10.0 Å². The largest absolute Gasteiger partial charge is 0.315 e. The molecule has 0 radical (unpaired) electrons. The van der Waals surface area contributed by atoms with E-state index in [1.54, 1.807) is 6.07 Å². The lowest BCUT2D eigenvalue weighted by atomic mass is 10.1. The molecule has 2 N–H and O–H groups in total. The van der Waals surface area contributed by atoms with Crippen LogP contribution in [0.5, 0.6) is 0 Å². The number of rotatable bonds is 3. The molecule has 0 bridgehead atoms. The summed E-state index contributed by atoms with van der Waals surface area (Å²) in [6, 6.07) is 5.51. The highest BCUT2D eigenvalue weighted by molar-refractivity contribution is 7.89. The molecule has 1 atom stereocenters. The van der Waals surface area contributed by atoms with E-state index in [9.17, 15) is 8.42 Å². The van der Waals surface area contributed by atoms with Crippen molar-refractivity contribution < 1.29 is 8.42 Å². The van der Waals surface area contributed by atoms with Crippen LogP contribution in [-0.4, -0.2) is 27.5 Å². The molecule has 4 nitrogen and oxygen atoms in total. The van der Waals surface area contributed by atoms with Crippen LogP contribution < -0.4 is 10.0 Å². The van der Waals surface area contributed by atoms with E-state index in [0.717, 1.165) is 30.5 Å². The number of halogens is 1. The van der Waals surface area contributed by atoms with Crippen LogP contribution in [0.4, 0.5) is 0 Å². The maximum Gasteiger partial charge on any atom is 0.241 e. The standard InChI is InChI=1S/C13H20N2O2S.ClH/c1-10-5-6-11(2)13(8-10)18(16,17)15-12-4-3-7-14-9-12;/h5-6,8,12,14-15H,3-4,7,9H2,1-2H3;1H/t12-;/m0./s1. The smallest absolute Gasteiger partial charge is 0.241 e. The van der Waals surface area contributed by atoms with Gasteiger partial charge in [-0.2, -0.15) is 0 Å². The molecule has 0 spiro atoms. The van der Waals surface area contributed by atoms with Crippen molar-refractivity contribution in [2.24, 2.45) is 0 Å². The summed E-state index contributed by atoms with van der Waals surface area (Å²) in [6.45, 7) is 5.42. The summed E-state index contributed by atoms with van der Waals surface area (Å²) in [7, 11) is -3.40. The molecule has 1 saturated heterocycles. The van der Waals surface area contributed by atoms with Crippen LogP contribution in [0.2, 0.25) is 0 Å². The van der Waals surface area contributed by atoms with Crippen LogP contribution in [-0.2, 0) is 10.0 Å². The van der Waals surface area contributed by atoms with Crippen molar-refractivity contribution in [3.63, 3.8) is 0 Å². The Morgan fingerprint density at radius 2 is 2.05 bits per heavy atom. The minimum atomic E-state index is -3.40. The highest BCUT2D eigenvalue weighted by Crippen LogP contribution is 2.17. The van der Waals surface area contributed by atoms with E-state index in [-0.39, 0.29) is 18.4 Å². The molecule has 6 heteroatoms. The normalized spacial score (nSPS) is 19.8. The first-order chi connectivity index (χ1) is 8.49. The van der Waals surface area contributed by atoms with Crippen molar-refractivity contribution in [3.05, 3.63) is 29.3 Å². The van der Waals surface area contributed by atoms with Crippen LogP contribution in [0.1, 0.15) is 24.0 Å². The Morgan fingerprint density at radius 1 is 1.32 bits per heavy atom. The van der Waals surface area contributed by atoms with Crippen LogP contribution in [0, 0.1) is 13.8 Å². The molecule has 0 amide bonds. The molecule has 1 aromatic carbocycles. The van der Waals surface area contributed by atoms with Gasteiger partial charge >= 0.3 is 0 Å². The molecule has 1 aromatic rings. The average molecular weight is 305 g/mol. The van der Waals surface area contributed by atoms with E-state index in [4.69, 9.17) is 0 Å². The molecule has 1 aliphatic heterocycles. The predicted molar refractivity (Wildman–Crippen MR) is 79.4 cm³/mol. The molecule has 0 aromatic heterocycles. The average Bonchev–Trinajstić information content (AvgIpc) is 2.33. The van der Waals surface area contributed by atoms with E-state index in [1.807, 2.05) is 26.0 Å². The topological polar surface area (TPSA) is 58.2 Å². The zero-order valence-corrected chi connectivity index (χ0v) is 12.9. The third-order valence-electron chi connectivity index (χ3n) is 3.25. The lowest BCUT2D eigenvalue weighted by molar-refractivity contribution is 0.428. The molecule has 0 aliphatic carbocycles. The number of sulfonamides is 1. The third-order valence-corrected chi connectivity index (χ3v) is 4.91. The van der Waals surface area contributed by atoms with Crippen molar-refractivity contribution in [1.82, 2.24) is 10.0 Å². The second kappa shape index (κ2) is 6.70. The molecule has 0 unspecified atom stereocenters. The monoisotopic (exact) mass is 304 g/mol. The molecule has 1 fully saturated rings. The predicted octanol–water partition coefficient (Wildman–Crippen LogP) is 1.76. The highest BCUT2D eigenvalue weighted by Gasteiger charge is 2.22. The number of hydrogen-bond acceptors (Lipinski definition) is 3. The van der Waals surface area contributed by atoms with Crippen LogP contribution >= 0.6 is 12.4 Å². The van der Waals surface area contributed by atoms with E-state index in [1.165, 1.54) is 0 Å². The Kier molecular flexibility index (Phi) is 5.80. The maximum absolute atomic E-state index is 12.3. The van der Waals surface area contributed by atoms with Gasteiger partial charge in [0, 0.05) is 12.6 Å². The first kappa shape index (κ1) is 16.4. The second-order valence-corrected chi connectivity index (χ2v) is 6.62. The fourth-order valence-corrected chi connectivity index (χ4v) is 3.83. The van der Waals surface area contributed by atoms with Gasteiger partial charge < -0.3 is 5.32 Å². The van der Waals surface area contributed by atoms with Crippen molar-refractivity contribution in [3.8, 4) is 0 Å². The van der Waals surface area contributed by atoms with Gasteiger partial charge in [0.05, 0.1) is 4.90 Å². The number of piperidine rings is 1. The van der Waals surface area contributed by atoms with Gasteiger partial charge in [0.2, 0.25) is 10.0 Å². The second-order valence-electron chi connectivity index (χ2n) is 4.93. The zero-order chi connectivity index (χ0) is 13.2. The fourth-order valence-electron chi connectivity index (χ4n) is 2.23. The Hall–Kier alpha value is -0.620. The van der Waals surface area contributed by atoms with Crippen molar-refractivity contribution in [2.45, 2.75) is 37.6 Å². The molecule has 19 heavy (non-hydrogen) atoms. The summed E-state index contributed by atoms with van der Waals surface area (Å²) in [5.74, 6) is 0. The highest BCUT2D eigenvalue weighted by atomic mass is 35.5. The van der Waals surface area contributed by atoms with Gasteiger partial charge in [-0.15, -0.1) is 12.4 Å². The molecule has 0 saturated carbocycles. The van der Waals surface area contributed by atoms with Gasteiger partial charge in [-0.3, -0.25) is 0 Å². The van der Waals surface area contributed by atoms with Crippen molar-refractivity contribution >= 4 is 22.4 Å². The summed E-state index contributed by atoms with van der Waals surface area (Å²) < 4.78 is 27.5. The van der Waals surface area contributed by atoms with E-state index in [2.05, 4.69) is 10.0 Å². The number of nitrogens with one attached hydrogen (secondary N) is 2. The summed E-state index contributed by atoms with van der Waals surface area (Å²) >= 11 is 0. The van der Waals surface area contributed by atoms with Crippen molar-refractivity contribution in [2.75, 3.05) is 13.1 Å². The summed E-state index contributed by atoms with van der Waals surface area (Å²) in [6.07, 6.45) is 1.91. The van der Waals surface area contributed by atoms with E-state index >= 15 is 0 Å². The SMILES string of the molecule is Cc1ccc(C)c(S(=O)(=O)N[C@H]2CCCNC2)c1.Cl. The quantitative estimate of drug-likeness (QED) is 0.894.